The van der Waals surface area contributed by atoms with Crippen molar-refractivity contribution in [3.63, 3.8) is 0 Å². The van der Waals surface area contributed by atoms with Gasteiger partial charge >= 0.3 is 0 Å². The van der Waals surface area contributed by atoms with Crippen molar-refractivity contribution in [1.82, 2.24) is 19.6 Å². The van der Waals surface area contributed by atoms with E-state index < -0.39 is 0 Å². The van der Waals surface area contributed by atoms with Crippen LogP contribution in [0.5, 0.6) is 5.75 Å². The number of aromatic nitrogens is 4. The first-order chi connectivity index (χ1) is 9.74. The van der Waals surface area contributed by atoms with E-state index in [1.165, 1.54) is 11.3 Å². The van der Waals surface area contributed by atoms with E-state index in [9.17, 15) is 5.11 Å². The van der Waals surface area contributed by atoms with Crippen LogP contribution in [-0.4, -0.2) is 30.9 Å². The maximum absolute atomic E-state index is 9.46. The molecule has 0 saturated heterocycles. The van der Waals surface area contributed by atoms with E-state index in [2.05, 4.69) is 15.1 Å². The fourth-order valence-corrected chi connectivity index (χ4v) is 3.26. The molecular formula is C12H8N4O2S2. The predicted octanol–water partition coefficient (Wildman–Crippen LogP) is 3.03. The summed E-state index contributed by atoms with van der Waals surface area (Å²) in [6, 6.07) is 4.83. The summed E-state index contributed by atoms with van der Waals surface area (Å²) < 4.78 is 8.33. The molecule has 3 aromatic heterocycles. The minimum Gasteiger partial charge on any atom is -0.508 e. The van der Waals surface area contributed by atoms with Crippen LogP contribution in [-0.2, 0) is 0 Å². The van der Waals surface area contributed by atoms with Crippen molar-refractivity contribution in [2.45, 2.75) is 4.34 Å². The third kappa shape index (κ3) is 1.69. The smallest absolute Gasteiger partial charge is 0.248 e. The Morgan fingerprint density at radius 3 is 3.15 bits per heavy atom. The average molecular weight is 304 g/mol. The lowest BCUT2D eigenvalue weighted by Crippen LogP contribution is -1.88. The Kier molecular flexibility index (Phi) is 2.48. The zero-order valence-corrected chi connectivity index (χ0v) is 11.9. The topological polar surface area (TPSA) is 76.5 Å². The predicted molar refractivity (Wildman–Crippen MR) is 77.3 cm³/mol. The highest BCUT2D eigenvalue weighted by Crippen LogP contribution is 2.29. The number of imidazole rings is 1. The molecule has 0 fully saturated rings. The molecule has 0 saturated carbocycles. The third-order valence-electron chi connectivity index (χ3n) is 2.83. The highest BCUT2D eigenvalue weighted by atomic mass is 32.2. The lowest BCUT2D eigenvalue weighted by molar-refractivity contribution is 0.474. The van der Waals surface area contributed by atoms with E-state index in [-0.39, 0.29) is 5.75 Å². The van der Waals surface area contributed by atoms with Gasteiger partial charge in [0.2, 0.25) is 10.9 Å². The Hall–Kier alpha value is -2.06. The molecule has 0 atom stereocenters. The van der Waals surface area contributed by atoms with Gasteiger partial charge < -0.3 is 9.52 Å². The van der Waals surface area contributed by atoms with Crippen LogP contribution in [0.4, 0.5) is 0 Å². The van der Waals surface area contributed by atoms with Gasteiger partial charge in [0.05, 0.1) is 6.20 Å². The second-order valence-electron chi connectivity index (χ2n) is 4.08. The first kappa shape index (κ1) is 11.7. The molecule has 3 heterocycles. The molecule has 100 valence electrons. The molecule has 0 aliphatic heterocycles. The third-order valence-corrected chi connectivity index (χ3v) is 4.73. The zero-order valence-electron chi connectivity index (χ0n) is 10.3. The van der Waals surface area contributed by atoms with Gasteiger partial charge in [-0.2, -0.15) is 4.52 Å². The van der Waals surface area contributed by atoms with Crippen LogP contribution in [0.25, 0.3) is 27.6 Å². The maximum atomic E-state index is 9.46. The molecular weight excluding hydrogens is 296 g/mol. The van der Waals surface area contributed by atoms with Crippen LogP contribution < -0.4 is 0 Å². The molecule has 0 spiro atoms. The summed E-state index contributed by atoms with van der Waals surface area (Å²) in [5.41, 5.74) is 1.93. The van der Waals surface area contributed by atoms with Crippen molar-refractivity contribution in [3.8, 4) is 17.3 Å². The molecule has 0 amide bonds. The molecule has 4 rings (SSSR count). The van der Waals surface area contributed by atoms with E-state index in [1.54, 1.807) is 40.7 Å². The number of nitrogens with zero attached hydrogens (tertiary/aromatic N) is 4. The summed E-state index contributed by atoms with van der Waals surface area (Å²) >= 11 is 3.09. The molecule has 0 unspecified atom stereocenters. The van der Waals surface area contributed by atoms with Crippen molar-refractivity contribution in [1.29, 1.82) is 0 Å². The van der Waals surface area contributed by atoms with Crippen molar-refractivity contribution in [2.75, 3.05) is 6.26 Å². The summed E-state index contributed by atoms with van der Waals surface area (Å²) in [5, 5.41) is 13.9. The van der Waals surface area contributed by atoms with Crippen molar-refractivity contribution < 1.29 is 9.52 Å². The number of oxazole rings is 1. The first-order valence-corrected chi connectivity index (χ1v) is 7.77. The average Bonchev–Trinajstić information content (AvgIpc) is 3.09. The van der Waals surface area contributed by atoms with Crippen molar-refractivity contribution >= 4 is 39.2 Å². The van der Waals surface area contributed by atoms with Gasteiger partial charge in [0.15, 0.2) is 9.92 Å². The minimum absolute atomic E-state index is 0.150. The summed E-state index contributed by atoms with van der Waals surface area (Å²) in [6.45, 7) is 0. The van der Waals surface area contributed by atoms with E-state index in [0.29, 0.717) is 22.7 Å². The van der Waals surface area contributed by atoms with Crippen LogP contribution >= 0.6 is 23.1 Å². The minimum atomic E-state index is 0.150. The SMILES string of the molecule is CSc1nn2c(-c3nc4ccc(O)cc4o3)cnc2s1. The van der Waals surface area contributed by atoms with Crippen molar-refractivity contribution in [2.24, 2.45) is 0 Å². The Bertz CT molecular complexity index is 924. The van der Waals surface area contributed by atoms with Crippen LogP contribution in [0.1, 0.15) is 0 Å². The number of aromatic hydroxyl groups is 1. The molecule has 1 aromatic carbocycles. The Morgan fingerprint density at radius 2 is 2.30 bits per heavy atom. The molecule has 0 aliphatic rings. The summed E-state index contributed by atoms with van der Waals surface area (Å²) in [5.74, 6) is 0.591. The fraction of sp³-hybridized carbons (Fsp3) is 0.0833. The number of benzene rings is 1. The highest BCUT2D eigenvalue weighted by Gasteiger charge is 2.16. The van der Waals surface area contributed by atoms with Crippen LogP contribution in [0, 0.1) is 0 Å². The number of hydrogen-bond acceptors (Lipinski definition) is 7. The molecule has 0 aliphatic carbocycles. The monoisotopic (exact) mass is 304 g/mol. The molecule has 0 bridgehead atoms. The Balaban J connectivity index is 1.93. The van der Waals surface area contributed by atoms with Gasteiger partial charge in [0, 0.05) is 6.07 Å². The number of thioether (sulfide) groups is 1. The highest BCUT2D eigenvalue weighted by molar-refractivity contribution is 8.00. The van der Waals surface area contributed by atoms with Crippen molar-refractivity contribution in [3.05, 3.63) is 24.4 Å². The van der Waals surface area contributed by atoms with Gasteiger partial charge in [-0.1, -0.05) is 23.1 Å². The second kappa shape index (κ2) is 4.22. The molecule has 20 heavy (non-hydrogen) atoms. The number of phenolic OH excluding ortho intramolecular Hbond substituents is 1. The fourth-order valence-electron chi connectivity index (χ4n) is 1.93. The maximum Gasteiger partial charge on any atom is 0.248 e. The lowest BCUT2D eigenvalue weighted by atomic mass is 10.3. The molecule has 8 heteroatoms. The van der Waals surface area contributed by atoms with Gasteiger partial charge in [0.1, 0.15) is 17.0 Å². The Morgan fingerprint density at radius 1 is 1.40 bits per heavy atom. The van der Waals surface area contributed by atoms with Gasteiger partial charge in [-0.15, -0.1) is 5.10 Å². The second-order valence-corrected chi connectivity index (χ2v) is 6.09. The largest absolute Gasteiger partial charge is 0.508 e. The van der Waals surface area contributed by atoms with E-state index >= 15 is 0 Å². The van der Waals surface area contributed by atoms with Crippen LogP contribution in [0.2, 0.25) is 0 Å². The summed E-state index contributed by atoms with van der Waals surface area (Å²) in [4.78, 5) is 9.51. The molecule has 1 N–H and O–H groups in total. The Labute approximate surface area is 121 Å². The van der Waals surface area contributed by atoms with E-state index in [0.717, 1.165) is 9.30 Å². The molecule has 6 nitrogen and oxygen atoms in total. The van der Waals surface area contributed by atoms with E-state index in [1.807, 2.05) is 6.26 Å². The summed E-state index contributed by atoms with van der Waals surface area (Å²) in [6.07, 6.45) is 3.66. The lowest BCUT2D eigenvalue weighted by Gasteiger charge is -1.90. The molecule has 0 radical (unpaired) electrons. The van der Waals surface area contributed by atoms with Gasteiger partial charge in [0.25, 0.3) is 0 Å². The van der Waals surface area contributed by atoms with E-state index in [4.69, 9.17) is 4.42 Å². The number of phenols is 1. The van der Waals surface area contributed by atoms with Crippen LogP contribution in [0.3, 0.4) is 0 Å². The first-order valence-electron chi connectivity index (χ1n) is 5.73. The molecule has 4 aromatic rings. The number of fused-ring (bicyclic) bond motifs is 2. The quantitative estimate of drug-likeness (QED) is 0.574. The summed E-state index contributed by atoms with van der Waals surface area (Å²) in [7, 11) is 0. The van der Waals surface area contributed by atoms with Gasteiger partial charge in [-0.25, -0.2) is 9.97 Å². The van der Waals surface area contributed by atoms with Gasteiger partial charge in [-0.3, -0.25) is 0 Å². The van der Waals surface area contributed by atoms with Crippen LogP contribution in [0.15, 0.2) is 33.2 Å². The number of rotatable bonds is 2. The number of hydrogen-bond donors (Lipinski definition) is 1. The van der Waals surface area contributed by atoms with Gasteiger partial charge in [-0.05, 0) is 18.4 Å². The standard InChI is InChI=1S/C12H8N4O2S2/c1-19-12-15-16-8(5-13-11(16)20-12)10-14-7-3-2-6(17)4-9(7)18-10/h2-5,17H,1H3. The zero-order chi connectivity index (χ0) is 13.7. The normalized spacial score (nSPS) is 11.7.